The van der Waals surface area contributed by atoms with E-state index in [-0.39, 0.29) is 17.5 Å². The number of nitrogens with one attached hydrogen (secondary N) is 1. The highest BCUT2D eigenvalue weighted by Crippen LogP contribution is 2.23. The minimum absolute atomic E-state index is 0.116. The van der Waals surface area contributed by atoms with Crippen LogP contribution in [-0.4, -0.2) is 25.8 Å². The van der Waals surface area contributed by atoms with Gasteiger partial charge in [-0.2, -0.15) is 0 Å². The predicted molar refractivity (Wildman–Crippen MR) is 71.7 cm³/mol. The highest BCUT2D eigenvalue weighted by atomic mass is 79.9. The van der Waals surface area contributed by atoms with Gasteiger partial charge in [0.1, 0.15) is 5.82 Å². The normalized spacial score (nSPS) is 13.8. The highest BCUT2D eigenvalue weighted by molar-refractivity contribution is 9.10. The van der Waals surface area contributed by atoms with E-state index in [9.17, 15) is 4.39 Å². The fourth-order valence-corrected chi connectivity index (χ4v) is 2.17. The first-order valence-electron chi connectivity index (χ1n) is 5.57. The summed E-state index contributed by atoms with van der Waals surface area (Å²) >= 11 is 3.44. The molecule has 0 amide bonds. The van der Waals surface area contributed by atoms with E-state index in [4.69, 9.17) is 4.74 Å². The molecule has 1 unspecified atom stereocenters. The second kappa shape index (κ2) is 5.94. The SMILES string of the molecule is CNC(Cc1cc(F)ccc1Br)C(C)(C)OC. The molecule has 0 spiro atoms. The summed E-state index contributed by atoms with van der Waals surface area (Å²) in [5, 5.41) is 3.22. The van der Waals surface area contributed by atoms with Crippen LogP contribution in [0.4, 0.5) is 4.39 Å². The zero-order valence-electron chi connectivity index (χ0n) is 10.7. The van der Waals surface area contributed by atoms with Crippen molar-refractivity contribution < 1.29 is 9.13 Å². The quantitative estimate of drug-likeness (QED) is 0.902. The summed E-state index contributed by atoms with van der Waals surface area (Å²) in [6.07, 6.45) is 0.704. The van der Waals surface area contributed by atoms with Crippen LogP contribution in [0.5, 0.6) is 0 Å². The molecule has 0 saturated heterocycles. The van der Waals surface area contributed by atoms with Crippen molar-refractivity contribution in [2.24, 2.45) is 0 Å². The van der Waals surface area contributed by atoms with Crippen molar-refractivity contribution >= 4 is 15.9 Å². The summed E-state index contributed by atoms with van der Waals surface area (Å²) < 4.78 is 19.6. The molecule has 4 heteroatoms. The standard InChI is InChI=1S/C13H19BrFNO/c1-13(2,17-4)12(16-3)8-9-7-10(15)5-6-11(9)14/h5-7,12,16H,8H2,1-4H3. The average molecular weight is 304 g/mol. The molecule has 0 aliphatic heterocycles. The van der Waals surface area contributed by atoms with E-state index >= 15 is 0 Å². The Balaban J connectivity index is 2.91. The number of benzene rings is 1. The van der Waals surface area contributed by atoms with Crippen molar-refractivity contribution in [3.63, 3.8) is 0 Å². The van der Waals surface area contributed by atoms with Gasteiger partial charge in [-0.3, -0.25) is 0 Å². The Bertz CT molecular complexity index is 382. The average Bonchev–Trinajstić information content (AvgIpc) is 2.30. The minimum Gasteiger partial charge on any atom is -0.377 e. The topological polar surface area (TPSA) is 21.3 Å². The summed E-state index contributed by atoms with van der Waals surface area (Å²) in [4.78, 5) is 0. The van der Waals surface area contributed by atoms with Gasteiger partial charge in [-0.05, 0) is 51.1 Å². The van der Waals surface area contributed by atoms with Crippen LogP contribution < -0.4 is 5.32 Å². The molecule has 0 fully saturated rings. The van der Waals surface area contributed by atoms with Gasteiger partial charge in [0.05, 0.1) is 5.60 Å². The minimum atomic E-state index is -0.305. The van der Waals surface area contributed by atoms with Crippen molar-refractivity contribution in [1.29, 1.82) is 0 Å². The van der Waals surface area contributed by atoms with Gasteiger partial charge in [0.2, 0.25) is 0 Å². The first kappa shape index (κ1) is 14.6. The molecule has 1 atom stereocenters. The summed E-state index contributed by atoms with van der Waals surface area (Å²) in [6.45, 7) is 4.03. The fraction of sp³-hybridized carbons (Fsp3) is 0.538. The van der Waals surface area contributed by atoms with E-state index in [1.807, 2.05) is 20.9 Å². The van der Waals surface area contributed by atoms with Gasteiger partial charge in [0.15, 0.2) is 0 Å². The Morgan fingerprint density at radius 2 is 2.12 bits per heavy atom. The van der Waals surface area contributed by atoms with Crippen LogP contribution in [0.3, 0.4) is 0 Å². The molecule has 0 bridgehead atoms. The Hall–Kier alpha value is -0.450. The Labute approximate surface area is 111 Å². The molecular formula is C13H19BrFNO. The van der Waals surface area contributed by atoms with Crippen LogP contribution in [0.15, 0.2) is 22.7 Å². The van der Waals surface area contributed by atoms with Gasteiger partial charge < -0.3 is 10.1 Å². The van der Waals surface area contributed by atoms with Crippen LogP contribution in [0, 0.1) is 5.82 Å². The number of likely N-dealkylation sites (N-methyl/N-ethyl adjacent to an activating group) is 1. The molecule has 1 rings (SSSR count). The van der Waals surface area contributed by atoms with E-state index < -0.39 is 0 Å². The third-order valence-electron chi connectivity index (χ3n) is 3.15. The molecule has 0 heterocycles. The second-order valence-electron chi connectivity index (χ2n) is 4.59. The van der Waals surface area contributed by atoms with Crippen LogP contribution in [0.25, 0.3) is 0 Å². The largest absolute Gasteiger partial charge is 0.377 e. The first-order chi connectivity index (χ1) is 7.90. The monoisotopic (exact) mass is 303 g/mol. The lowest BCUT2D eigenvalue weighted by Gasteiger charge is -2.33. The summed E-state index contributed by atoms with van der Waals surface area (Å²) in [5.41, 5.74) is 0.634. The number of rotatable bonds is 5. The van der Waals surface area contributed by atoms with Crippen LogP contribution >= 0.6 is 15.9 Å². The van der Waals surface area contributed by atoms with Gasteiger partial charge in [-0.25, -0.2) is 4.39 Å². The molecular weight excluding hydrogens is 285 g/mol. The smallest absolute Gasteiger partial charge is 0.123 e. The molecule has 0 aliphatic carbocycles. The zero-order chi connectivity index (χ0) is 13.1. The fourth-order valence-electron chi connectivity index (χ4n) is 1.76. The first-order valence-corrected chi connectivity index (χ1v) is 6.36. The molecule has 1 N–H and O–H groups in total. The lowest BCUT2D eigenvalue weighted by Crippen LogP contribution is -2.48. The lowest BCUT2D eigenvalue weighted by molar-refractivity contribution is -0.00802. The van der Waals surface area contributed by atoms with E-state index in [0.29, 0.717) is 6.42 Å². The summed E-state index contributed by atoms with van der Waals surface area (Å²) in [6, 6.07) is 4.85. The maximum atomic E-state index is 13.2. The van der Waals surface area contributed by atoms with E-state index in [2.05, 4.69) is 21.2 Å². The number of methoxy groups -OCH3 is 1. The number of hydrogen-bond acceptors (Lipinski definition) is 2. The second-order valence-corrected chi connectivity index (χ2v) is 5.44. The molecule has 0 aliphatic rings. The molecule has 2 nitrogen and oxygen atoms in total. The van der Waals surface area contributed by atoms with E-state index in [0.717, 1.165) is 10.0 Å². The molecule has 17 heavy (non-hydrogen) atoms. The van der Waals surface area contributed by atoms with E-state index in [1.54, 1.807) is 19.2 Å². The Morgan fingerprint density at radius 3 is 2.65 bits per heavy atom. The number of halogens is 2. The molecule has 0 aromatic heterocycles. The predicted octanol–water partition coefficient (Wildman–Crippen LogP) is 3.14. The van der Waals surface area contributed by atoms with Gasteiger partial charge in [-0.1, -0.05) is 15.9 Å². The summed E-state index contributed by atoms with van der Waals surface area (Å²) in [5.74, 6) is -0.215. The van der Waals surface area contributed by atoms with Crippen molar-refractivity contribution in [1.82, 2.24) is 5.32 Å². The summed E-state index contributed by atoms with van der Waals surface area (Å²) in [7, 11) is 3.57. The molecule has 96 valence electrons. The zero-order valence-corrected chi connectivity index (χ0v) is 12.3. The molecule has 1 aromatic carbocycles. The number of ether oxygens (including phenoxy) is 1. The maximum absolute atomic E-state index is 13.2. The molecule has 1 aromatic rings. The maximum Gasteiger partial charge on any atom is 0.123 e. The Kier molecular flexibility index (Phi) is 5.10. The van der Waals surface area contributed by atoms with Gasteiger partial charge in [0.25, 0.3) is 0 Å². The van der Waals surface area contributed by atoms with Crippen LogP contribution in [-0.2, 0) is 11.2 Å². The van der Waals surface area contributed by atoms with Crippen molar-refractivity contribution in [3.05, 3.63) is 34.1 Å². The van der Waals surface area contributed by atoms with Gasteiger partial charge >= 0.3 is 0 Å². The van der Waals surface area contributed by atoms with Crippen molar-refractivity contribution in [2.45, 2.75) is 31.9 Å². The van der Waals surface area contributed by atoms with Crippen molar-refractivity contribution in [3.8, 4) is 0 Å². The van der Waals surface area contributed by atoms with Gasteiger partial charge in [-0.15, -0.1) is 0 Å². The lowest BCUT2D eigenvalue weighted by atomic mass is 9.92. The molecule has 0 saturated carbocycles. The van der Waals surface area contributed by atoms with Crippen LogP contribution in [0.2, 0.25) is 0 Å². The molecule has 0 radical (unpaired) electrons. The van der Waals surface area contributed by atoms with Crippen molar-refractivity contribution in [2.75, 3.05) is 14.2 Å². The Morgan fingerprint density at radius 1 is 1.47 bits per heavy atom. The van der Waals surface area contributed by atoms with E-state index in [1.165, 1.54) is 6.07 Å². The van der Waals surface area contributed by atoms with Crippen LogP contribution in [0.1, 0.15) is 19.4 Å². The number of hydrogen-bond donors (Lipinski definition) is 1. The highest BCUT2D eigenvalue weighted by Gasteiger charge is 2.28. The van der Waals surface area contributed by atoms with Gasteiger partial charge in [0, 0.05) is 17.6 Å². The third-order valence-corrected chi connectivity index (χ3v) is 3.92. The third kappa shape index (κ3) is 3.76.